The second kappa shape index (κ2) is 31.1. The van der Waals surface area contributed by atoms with Gasteiger partial charge in [-0.2, -0.15) is 25.3 Å². The SMILES string of the molecule is CC(C)C[C@H](NC(=O)[C@@H](NC(=O)[C@@H](NC(=O)[C@@H](N)C(C)C)[C@@H](C)O)[C@@H](C)O)C(=O)N[C@@H](CS)C(=O)N[C@@H](CS)C(=O)NCC(=O)N[C@@H](CCCCN)C(=O)N[C@@H](CC(N)=O)C(=O)N1CCC[C@H]1C(=O)O. The fraction of sp³-hybridized carbons (Fsp3) is 0.738. The monoisotopic (exact) mass is 1030 g/mol. The third-order valence-corrected chi connectivity index (χ3v) is 11.7. The van der Waals surface area contributed by atoms with Crippen LogP contribution >= 0.6 is 25.3 Å². The summed E-state index contributed by atoms with van der Waals surface area (Å²) in [7, 11) is 0. The number of nitrogens with one attached hydrogen (secondary N) is 8. The smallest absolute Gasteiger partial charge is 0.326 e. The van der Waals surface area contributed by atoms with E-state index in [1.807, 2.05) is 0 Å². The molecule has 0 bridgehead atoms. The van der Waals surface area contributed by atoms with Gasteiger partial charge >= 0.3 is 5.97 Å². The molecule has 11 atom stereocenters. The first-order valence-electron chi connectivity index (χ1n) is 22.9. The normalized spacial score (nSPS) is 17.7. The summed E-state index contributed by atoms with van der Waals surface area (Å²) in [4.78, 5) is 144. The van der Waals surface area contributed by atoms with Crippen LogP contribution in [0.4, 0.5) is 0 Å². The predicted octanol–water partition coefficient (Wildman–Crippen LogP) is -5.77. The van der Waals surface area contributed by atoms with E-state index in [0.717, 1.165) is 4.90 Å². The predicted molar refractivity (Wildman–Crippen MR) is 259 cm³/mol. The van der Waals surface area contributed by atoms with E-state index in [9.17, 15) is 68.1 Å². The Labute approximate surface area is 417 Å². The molecule has 0 radical (unpaired) electrons. The number of unbranched alkanes of at least 4 members (excludes halogenated alkanes) is 1. The number of aliphatic hydroxyl groups is 2. The van der Waals surface area contributed by atoms with Gasteiger partial charge in [-0.3, -0.25) is 47.9 Å². The molecule has 1 fully saturated rings. The summed E-state index contributed by atoms with van der Waals surface area (Å²) < 4.78 is 0. The van der Waals surface area contributed by atoms with Crippen LogP contribution in [0.15, 0.2) is 0 Å². The number of hydrogen-bond acceptors (Lipinski definition) is 17. The topological polar surface area (TPSA) is 426 Å². The van der Waals surface area contributed by atoms with E-state index in [1.54, 1.807) is 27.7 Å². The zero-order valence-electron chi connectivity index (χ0n) is 40.4. The number of aliphatic carboxylic acids is 1. The van der Waals surface area contributed by atoms with Crippen LogP contribution in [0.1, 0.15) is 86.5 Å². The number of carbonyl (C=O) groups is 11. The molecule has 1 aliphatic rings. The van der Waals surface area contributed by atoms with Crippen LogP contribution in [-0.2, 0) is 52.7 Å². The molecule has 0 spiro atoms. The van der Waals surface area contributed by atoms with E-state index < -0.39 is 145 Å². The van der Waals surface area contributed by atoms with E-state index in [-0.39, 0.29) is 55.7 Å². The number of rotatable bonds is 31. The summed E-state index contributed by atoms with van der Waals surface area (Å²) in [5, 5.41) is 49.5. The summed E-state index contributed by atoms with van der Waals surface area (Å²) in [6.07, 6.45) is -2.36. The molecule has 1 rings (SSSR count). The Morgan fingerprint density at radius 2 is 1.13 bits per heavy atom. The van der Waals surface area contributed by atoms with Gasteiger partial charge in [-0.1, -0.05) is 27.7 Å². The Morgan fingerprint density at radius 3 is 1.61 bits per heavy atom. The lowest BCUT2D eigenvalue weighted by atomic mass is 10.0. The number of amides is 10. The Balaban J connectivity index is 3.08. The largest absolute Gasteiger partial charge is 0.480 e. The van der Waals surface area contributed by atoms with Gasteiger partial charge in [0.05, 0.1) is 31.2 Å². The maximum Gasteiger partial charge on any atom is 0.326 e. The number of carboxylic acid groups (broad SMARTS) is 1. The minimum absolute atomic E-state index is 0.00439. The van der Waals surface area contributed by atoms with Crippen LogP contribution < -0.4 is 59.7 Å². The van der Waals surface area contributed by atoms with Crippen molar-refractivity contribution >= 4 is 90.3 Å². The van der Waals surface area contributed by atoms with Gasteiger partial charge in [0.2, 0.25) is 59.1 Å². The number of primary amides is 1. The van der Waals surface area contributed by atoms with Crippen LogP contribution in [0.5, 0.6) is 0 Å². The highest BCUT2D eigenvalue weighted by Gasteiger charge is 2.40. The van der Waals surface area contributed by atoms with E-state index >= 15 is 0 Å². The standard InChI is InChI=1S/C42H74N12O14S2/c1-19(2)14-24(48-39(64)32(21(5)55)53-40(65)33(22(6)56)52-38(63)31(45)20(3)4)36(61)51-27(18-70)37(62)50-26(17-69)34(59)46-16-30(58)47-23(10-7-8-12-43)35(60)49-25(15-29(44)57)41(66)54-13-9-11-28(54)42(67)68/h19-28,31-33,55-56,69-70H,7-18,43,45H2,1-6H3,(H2,44,57)(H,46,59)(H,47,58)(H,48,64)(H,49,60)(H,50,62)(H,51,61)(H,52,63)(H,53,65)(H,67,68)/t21-,22-,23+,24+,25+,26+,27+,28+,31+,32+,33+/m1/s1. The van der Waals surface area contributed by atoms with Gasteiger partial charge in [-0.25, -0.2) is 4.79 Å². The molecule has 26 nitrogen and oxygen atoms in total. The lowest BCUT2D eigenvalue weighted by Crippen LogP contribution is -2.63. The highest BCUT2D eigenvalue weighted by molar-refractivity contribution is 7.80. The summed E-state index contributed by atoms with van der Waals surface area (Å²) in [6.45, 7) is 8.78. The molecule has 1 saturated heterocycles. The van der Waals surface area contributed by atoms with Crippen molar-refractivity contribution in [3.8, 4) is 0 Å². The Morgan fingerprint density at radius 1 is 0.643 bits per heavy atom. The van der Waals surface area contributed by atoms with Crippen LogP contribution in [0.25, 0.3) is 0 Å². The van der Waals surface area contributed by atoms with Crippen molar-refractivity contribution < 1.29 is 68.1 Å². The van der Waals surface area contributed by atoms with Crippen LogP contribution in [0.2, 0.25) is 0 Å². The van der Waals surface area contributed by atoms with Crippen LogP contribution in [0, 0.1) is 11.8 Å². The van der Waals surface area contributed by atoms with Gasteiger partial charge in [-0.15, -0.1) is 0 Å². The number of thiol groups is 2. The summed E-state index contributed by atoms with van der Waals surface area (Å²) in [5.41, 5.74) is 16.8. The van der Waals surface area contributed by atoms with Crippen molar-refractivity contribution in [1.29, 1.82) is 0 Å². The molecule has 0 unspecified atom stereocenters. The molecular formula is C42H74N12O14S2. The van der Waals surface area contributed by atoms with Crippen LogP contribution in [-0.4, -0.2) is 183 Å². The molecule has 10 amide bonds. The second-order valence-electron chi connectivity index (χ2n) is 17.8. The zero-order chi connectivity index (χ0) is 53.6. The van der Waals surface area contributed by atoms with Crippen molar-refractivity contribution in [2.24, 2.45) is 29.0 Å². The lowest BCUT2D eigenvalue weighted by Gasteiger charge is -2.29. The summed E-state index contributed by atoms with van der Waals surface area (Å²) in [5.74, 6) is -11.6. The molecule has 70 heavy (non-hydrogen) atoms. The van der Waals surface area contributed by atoms with Gasteiger partial charge in [-0.05, 0) is 70.8 Å². The van der Waals surface area contributed by atoms with E-state index in [4.69, 9.17) is 17.2 Å². The zero-order valence-corrected chi connectivity index (χ0v) is 42.2. The number of likely N-dealkylation sites (tertiary alicyclic amines) is 1. The third-order valence-electron chi connectivity index (χ3n) is 11.0. The molecule has 0 saturated carbocycles. The summed E-state index contributed by atoms with van der Waals surface area (Å²) >= 11 is 8.30. The van der Waals surface area contributed by atoms with Crippen molar-refractivity contribution in [2.75, 3.05) is 31.1 Å². The fourth-order valence-electron chi connectivity index (χ4n) is 6.96. The first-order valence-corrected chi connectivity index (χ1v) is 24.2. The van der Waals surface area contributed by atoms with Gasteiger partial charge < -0.3 is 80.0 Å². The number of carboxylic acids is 1. The summed E-state index contributed by atoms with van der Waals surface area (Å²) in [6, 6.07) is -12.5. The lowest BCUT2D eigenvalue weighted by molar-refractivity contribution is -0.149. The highest BCUT2D eigenvalue weighted by atomic mass is 32.1. The molecule has 1 aliphatic heterocycles. The molecule has 1 heterocycles. The molecule has 17 N–H and O–H groups in total. The molecule has 0 aliphatic carbocycles. The van der Waals surface area contributed by atoms with E-state index in [2.05, 4.69) is 67.8 Å². The average Bonchev–Trinajstić information content (AvgIpc) is 3.78. The third kappa shape index (κ3) is 21.0. The van der Waals surface area contributed by atoms with Crippen molar-refractivity contribution in [3.05, 3.63) is 0 Å². The molecule has 398 valence electrons. The average molecular weight is 1040 g/mol. The van der Waals surface area contributed by atoms with Crippen LogP contribution in [0.3, 0.4) is 0 Å². The maximum absolute atomic E-state index is 13.6. The minimum atomic E-state index is -1.70. The number of nitrogens with two attached hydrogens (primary N) is 3. The first kappa shape index (κ1) is 62.7. The Hall–Kier alpha value is -5.29. The molecule has 28 heteroatoms. The molecular weight excluding hydrogens is 961 g/mol. The van der Waals surface area contributed by atoms with Gasteiger partial charge in [0.15, 0.2) is 0 Å². The minimum Gasteiger partial charge on any atom is -0.480 e. The Bertz CT molecular complexity index is 1840. The van der Waals surface area contributed by atoms with E-state index in [1.165, 1.54) is 13.8 Å². The molecule has 0 aromatic rings. The van der Waals surface area contributed by atoms with Gasteiger partial charge in [0.25, 0.3) is 0 Å². The number of nitrogens with zero attached hydrogens (tertiary/aromatic N) is 1. The number of aliphatic hydroxyl groups excluding tert-OH is 2. The van der Waals surface area contributed by atoms with Gasteiger partial charge in [0.1, 0.15) is 48.3 Å². The first-order chi connectivity index (χ1) is 32.7. The molecule has 0 aromatic heterocycles. The maximum atomic E-state index is 13.6. The van der Waals surface area contributed by atoms with E-state index in [0.29, 0.717) is 19.3 Å². The van der Waals surface area contributed by atoms with Crippen molar-refractivity contribution in [1.82, 2.24) is 47.4 Å². The molecule has 0 aromatic carbocycles. The van der Waals surface area contributed by atoms with Crippen molar-refractivity contribution in [3.63, 3.8) is 0 Å². The second-order valence-corrected chi connectivity index (χ2v) is 18.5. The fourth-order valence-corrected chi connectivity index (χ4v) is 7.48. The number of hydrogen-bond donors (Lipinski definition) is 16. The highest BCUT2D eigenvalue weighted by Crippen LogP contribution is 2.19. The Kier molecular flexibility index (Phi) is 27.9. The van der Waals surface area contributed by atoms with Gasteiger partial charge in [0, 0.05) is 18.1 Å². The van der Waals surface area contributed by atoms with Crippen molar-refractivity contribution in [2.45, 2.75) is 153 Å². The number of carbonyl (C=O) groups excluding carboxylic acids is 10. The quantitative estimate of drug-likeness (QED) is 0.0227.